The van der Waals surface area contributed by atoms with Gasteiger partial charge >= 0.3 is 0 Å². The van der Waals surface area contributed by atoms with Crippen molar-refractivity contribution in [2.24, 2.45) is 0 Å². The Labute approximate surface area is 145 Å². The number of nitrogens with zero attached hydrogens (tertiary/aromatic N) is 2. The van der Waals surface area contributed by atoms with E-state index in [0.29, 0.717) is 36.9 Å². The molecule has 1 N–H and O–H groups in total. The van der Waals surface area contributed by atoms with Gasteiger partial charge in [-0.05, 0) is 24.6 Å². The summed E-state index contributed by atoms with van der Waals surface area (Å²) in [6.07, 6.45) is 0. The van der Waals surface area contributed by atoms with Crippen LogP contribution < -0.4 is 10.2 Å². The average molecular weight is 368 g/mol. The number of fused-ring (bicyclic) bond motifs is 3. The summed E-state index contributed by atoms with van der Waals surface area (Å²) in [7, 11) is -2.95. The smallest absolute Gasteiger partial charge is 0.268 e. The Morgan fingerprint density at radius 3 is 2.58 bits per heavy atom. The molecule has 0 radical (unpaired) electrons. The summed E-state index contributed by atoms with van der Waals surface area (Å²) in [5.41, 5.74) is 3.47. The predicted octanol–water partition coefficient (Wildman–Crippen LogP) is 1.58. The van der Waals surface area contributed by atoms with Crippen LogP contribution in [0.15, 0.2) is 12.1 Å². The van der Waals surface area contributed by atoms with Crippen LogP contribution in [0.2, 0.25) is 5.02 Å². The van der Waals surface area contributed by atoms with Gasteiger partial charge < -0.3 is 14.8 Å². The van der Waals surface area contributed by atoms with Crippen molar-refractivity contribution in [2.45, 2.75) is 13.5 Å². The van der Waals surface area contributed by atoms with E-state index in [0.717, 1.165) is 22.2 Å². The molecule has 1 fully saturated rings. The summed E-state index contributed by atoms with van der Waals surface area (Å²) in [5, 5.41) is 4.43. The SMILES string of the molecule is Cc1c2n(c3c(N4CCS(=O)(=O)CC4)cc(Cl)cc13)CCNC2=O. The first kappa shape index (κ1) is 15.8. The number of aryl methyl sites for hydroxylation is 1. The van der Waals surface area contributed by atoms with E-state index < -0.39 is 9.84 Å². The lowest BCUT2D eigenvalue weighted by Crippen LogP contribution is -2.40. The van der Waals surface area contributed by atoms with Crippen LogP contribution in [-0.2, 0) is 16.4 Å². The van der Waals surface area contributed by atoms with Crippen LogP contribution in [0.3, 0.4) is 0 Å². The van der Waals surface area contributed by atoms with E-state index >= 15 is 0 Å². The Hall–Kier alpha value is -1.73. The van der Waals surface area contributed by atoms with Crippen molar-refractivity contribution in [2.75, 3.05) is 36.0 Å². The Kier molecular flexibility index (Phi) is 3.54. The van der Waals surface area contributed by atoms with Crippen molar-refractivity contribution < 1.29 is 13.2 Å². The van der Waals surface area contributed by atoms with Gasteiger partial charge in [-0.1, -0.05) is 11.6 Å². The Morgan fingerprint density at radius 2 is 1.88 bits per heavy atom. The minimum atomic E-state index is -2.95. The molecule has 0 bridgehead atoms. The molecule has 2 aliphatic heterocycles. The molecular formula is C16H18ClN3O3S. The van der Waals surface area contributed by atoms with Crippen molar-refractivity contribution in [1.82, 2.24) is 9.88 Å². The first-order chi connectivity index (χ1) is 11.4. The molecule has 1 saturated heterocycles. The summed E-state index contributed by atoms with van der Waals surface area (Å²) in [4.78, 5) is 14.3. The quantitative estimate of drug-likeness (QED) is 0.830. The van der Waals surface area contributed by atoms with Gasteiger partial charge in [-0.25, -0.2) is 8.42 Å². The third-order valence-corrected chi connectivity index (χ3v) is 6.70. The van der Waals surface area contributed by atoms with E-state index in [1.807, 2.05) is 23.6 Å². The number of sulfone groups is 1. The van der Waals surface area contributed by atoms with Gasteiger partial charge in [0.2, 0.25) is 0 Å². The minimum absolute atomic E-state index is 0.0711. The van der Waals surface area contributed by atoms with E-state index in [1.165, 1.54) is 0 Å². The molecule has 1 aromatic carbocycles. The second kappa shape index (κ2) is 5.39. The fraction of sp³-hybridized carbons (Fsp3) is 0.438. The van der Waals surface area contributed by atoms with E-state index in [-0.39, 0.29) is 17.4 Å². The van der Waals surface area contributed by atoms with Gasteiger partial charge in [0.05, 0.1) is 22.7 Å². The number of amides is 1. The zero-order chi connectivity index (χ0) is 17.1. The molecule has 2 aliphatic rings. The first-order valence-corrected chi connectivity index (χ1v) is 10.1. The second-order valence-electron chi connectivity index (χ2n) is 6.34. The molecule has 0 spiro atoms. The first-order valence-electron chi connectivity index (χ1n) is 7.93. The zero-order valence-corrected chi connectivity index (χ0v) is 14.9. The number of halogens is 1. The van der Waals surface area contributed by atoms with Crippen molar-refractivity contribution >= 4 is 43.9 Å². The number of carbonyl (C=O) groups is 1. The number of anilines is 1. The highest BCUT2D eigenvalue weighted by molar-refractivity contribution is 7.91. The highest BCUT2D eigenvalue weighted by Gasteiger charge is 2.29. The van der Waals surface area contributed by atoms with Crippen LogP contribution in [0.1, 0.15) is 16.1 Å². The van der Waals surface area contributed by atoms with Crippen LogP contribution in [0, 0.1) is 6.92 Å². The number of hydrogen-bond acceptors (Lipinski definition) is 4. The number of hydrogen-bond donors (Lipinski definition) is 1. The van der Waals surface area contributed by atoms with Crippen molar-refractivity contribution in [3.8, 4) is 0 Å². The van der Waals surface area contributed by atoms with Crippen molar-refractivity contribution in [3.63, 3.8) is 0 Å². The second-order valence-corrected chi connectivity index (χ2v) is 9.08. The lowest BCUT2D eigenvalue weighted by atomic mass is 10.1. The lowest BCUT2D eigenvalue weighted by molar-refractivity contribution is 0.0928. The van der Waals surface area contributed by atoms with Gasteiger partial charge in [-0.3, -0.25) is 4.79 Å². The van der Waals surface area contributed by atoms with E-state index in [2.05, 4.69) is 10.2 Å². The van der Waals surface area contributed by atoms with Crippen LogP contribution in [-0.4, -0.2) is 50.0 Å². The molecule has 1 amide bonds. The van der Waals surface area contributed by atoms with Gasteiger partial charge in [-0.15, -0.1) is 0 Å². The molecule has 0 saturated carbocycles. The molecular weight excluding hydrogens is 350 g/mol. The van der Waals surface area contributed by atoms with Gasteiger partial charge in [0.1, 0.15) is 5.69 Å². The molecule has 4 rings (SSSR count). The lowest BCUT2D eigenvalue weighted by Gasteiger charge is -2.30. The van der Waals surface area contributed by atoms with Gasteiger partial charge in [0, 0.05) is 36.6 Å². The Morgan fingerprint density at radius 1 is 1.17 bits per heavy atom. The van der Waals surface area contributed by atoms with Crippen molar-refractivity contribution in [3.05, 3.63) is 28.4 Å². The molecule has 1 aromatic heterocycles. The highest BCUT2D eigenvalue weighted by atomic mass is 35.5. The van der Waals surface area contributed by atoms with Gasteiger partial charge in [0.25, 0.3) is 5.91 Å². The maximum absolute atomic E-state index is 12.3. The van der Waals surface area contributed by atoms with E-state index in [4.69, 9.17) is 11.6 Å². The summed E-state index contributed by atoms with van der Waals surface area (Å²) < 4.78 is 25.5. The summed E-state index contributed by atoms with van der Waals surface area (Å²) in [6, 6.07) is 3.76. The molecule has 8 heteroatoms. The monoisotopic (exact) mass is 367 g/mol. The summed E-state index contributed by atoms with van der Waals surface area (Å²) in [5.74, 6) is 0.223. The molecule has 24 heavy (non-hydrogen) atoms. The Balaban J connectivity index is 1.93. The van der Waals surface area contributed by atoms with E-state index in [9.17, 15) is 13.2 Å². The number of aromatic nitrogens is 1. The largest absolute Gasteiger partial charge is 0.368 e. The summed E-state index contributed by atoms with van der Waals surface area (Å²) in [6.45, 7) is 4.12. The molecule has 128 valence electrons. The van der Waals surface area contributed by atoms with Crippen LogP contribution in [0.25, 0.3) is 10.9 Å². The van der Waals surface area contributed by atoms with Crippen molar-refractivity contribution in [1.29, 1.82) is 0 Å². The van der Waals surface area contributed by atoms with Crippen LogP contribution in [0.4, 0.5) is 5.69 Å². The van der Waals surface area contributed by atoms with E-state index in [1.54, 1.807) is 0 Å². The fourth-order valence-electron chi connectivity index (χ4n) is 3.67. The van der Waals surface area contributed by atoms with Gasteiger partial charge in [0.15, 0.2) is 9.84 Å². The highest BCUT2D eigenvalue weighted by Crippen LogP contribution is 2.37. The summed E-state index contributed by atoms with van der Waals surface area (Å²) >= 11 is 6.32. The van der Waals surface area contributed by atoms with Crippen LogP contribution >= 0.6 is 11.6 Å². The molecule has 2 aromatic rings. The topological polar surface area (TPSA) is 71.4 Å². The average Bonchev–Trinajstić information content (AvgIpc) is 2.81. The standard InChI is InChI=1S/C16H18ClN3O3S/c1-10-12-8-11(17)9-13(19-4-6-24(22,23)7-5-19)15(12)20-3-2-18-16(21)14(10)20/h8-9H,2-7H2,1H3,(H,18,21). The minimum Gasteiger partial charge on any atom is -0.368 e. The Bertz CT molecular complexity index is 951. The molecule has 3 heterocycles. The molecule has 0 atom stereocenters. The maximum Gasteiger partial charge on any atom is 0.268 e. The number of benzene rings is 1. The third-order valence-electron chi connectivity index (χ3n) is 4.87. The maximum atomic E-state index is 12.3. The molecule has 0 aliphatic carbocycles. The predicted molar refractivity (Wildman–Crippen MR) is 94.9 cm³/mol. The molecule has 0 unspecified atom stereocenters. The normalized spacial score (nSPS) is 20.1. The number of rotatable bonds is 1. The number of carbonyl (C=O) groups excluding carboxylic acids is 1. The molecule has 6 nitrogen and oxygen atoms in total. The van der Waals surface area contributed by atoms with Gasteiger partial charge in [-0.2, -0.15) is 0 Å². The zero-order valence-electron chi connectivity index (χ0n) is 13.3. The van der Waals surface area contributed by atoms with Crippen LogP contribution in [0.5, 0.6) is 0 Å². The fourth-order valence-corrected chi connectivity index (χ4v) is 5.09. The number of nitrogens with one attached hydrogen (secondary N) is 1. The third kappa shape index (κ3) is 2.38.